The summed E-state index contributed by atoms with van der Waals surface area (Å²) in [5, 5.41) is 12.7. The summed E-state index contributed by atoms with van der Waals surface area (Å²) in [5.74, 6) is 0.241. The second-order valence-electron chi connectivity index (χ2n) is 4.11. The molecule has 1 fully saturated rings. The summed E-state index contributed by atoms with van der Waals surface area (Å²) in [6.07, 6.45) is -5.43. The van der Waals surface area contributed by atoms with Gasteiger partial charge in [-0.15, -0.1) is 0 Å². The summed E-state index contributed by atoms with van der Waals surface area (Å²) >= 11 is 0. The molecule has 4 nitrogen and oxygen atoms in total. The van der Waals surface area contributed by atoms with Gasteiger partial charge in [0.25, 0.3) is 5.56 Å². The molecule has 0 spiro atoms. The number of halogens is 3. The largest absolute Gasteiger partial charge is 0.416 e. The topological polar surface area (TPSA) is 55.1 Å². The first kappa shape index (κ1) is 12.1. The first-order valence-electron chi connectivity index (χ1n) is 5.21. The zero-order valence-electron chi connectivity index (χ0n) is 8.81. The second kappa shape index (κ2) is 4.14. The van der Waals surface area contributed by atoms with Gasteiger partial charge in [-0.2, -0.15) is 18.3 Å². The number of alkyl halides is 3. The zero-order chi connectivity index (χ0) is 12.6. The van der Waals surface area contributed by atoms with Gasteiger partial charge >= 0.3 is 6.18 Å². The van der Waals surface area contributed by atoms with Gasteiger partial charge in [0, 0.05) is 12.0 Å². The highest BCUT2D eigenvalue weighted by molar-refractivity contribution is 5.12. The Hall–Kier alpha value is -1.37. The molecule has 0 aliphatic heterocycles. The maximum atomic E-state index is 12.1. The van der Waals surface area contributed by atoms with E-state index >= 15 is 0 Å². The van der Waals surface area contributed by atoms with Crippen molar-refractivity contribution in [2.24, 2.45) is 0 Å². The van der Waals surface area contributed by atoms with Crippen LogP contribution in [0.3, 0.4) is 0 Å². The highest BCUT2D eigenvalue weighted by Crippen LogP contribution is 2.38. The molecule has 1 aromatic heterocycles. The second-order valence-corrected chi connectivity index (χ2v) is 4.11. The molecule has 0 radical (unpaired) electrons. The lowest BCUT2D eigenvalue weighted by atomic mass is 10.3. The number of aliphatic hydroxyl groups is 1. The lowest BCUT2D eigenvalue weighted by Gasteiger charge is -2.15. The molecule has 1 saturated carbocycles. The lowest BCUT2D eigenvalue weighted by molar-refractivity contribution is -0.208. The van der Waals surface area contributed by atoms with Crippen LogP contribution in [0.25, 0.3) is 0 Å². The van der Waals surface area contributed by atoms with Gasteiger partial charge in [0.05, 0.1) is 12.2 Å². The highest BCUT2D eigenvalue weighted by Gasteiger charge is 2.39. The summed E-state index contributed by atoms with van der Waals surface area (Å²) < 4.78 is 37.1. The van der Waals surface area contributed by atoms with Crippen molar-refractivity contribution in [2.75, 3.05) is 0 Å². The summed E-state index contributed by atoms with van der Waals surface area (Å²) in [6, 6.07) is 2.71. The van der Waals surface area contributed by atoms with Gasteiger partial charge in [-0.3, -0.25) is 4.79 Å². The Kier molecular flexibility index (Phi) is 2.94. The minimum atomic E-state index is -4.74. The maximum absolute atomic E-state index is 12.1. The fraction of sp³-hybridized carbons (Fsp3) is 0.600. The molecular weight excluding hydrogens is 237 g/mol. The number of nitrogens with zero attached hydrogens (tertiary/aromatic N) is 2. The van der Waals surface area contributed by atoms with Crippen LogP contribution in [0.15, 0.2) is 16.9 Å². The lowest BCUT2D eigenvalue weighted by Crippen LogP contribution is -2.37. The van der Waals surface area contributed by atoms with E-state index in [2.05, 4.69) is 5.10 Å². The average molecular weight is 248 g/mol. The van der Waals surface area contributed by atoms with Crippen LogP contribution >= 0.6 is 0 Å². The van der Waals surface area contributed by atoms with Gasteiger partial charge < -0.3 is 5.11 Å². The molecule has 1 aliphatic carbocycles. The minimum Gasteiger partial charge on any atom is -0.382 e. The van der Waals surface area contributed by atoms with E-state index in [0.29, 0.717) is 10.4 Å². The SMILES string of the molecule is O=c1ccc(C2CC2)nn1CC(O)C(F)(F)F. The van der Waals surface area contributed by atoms with Gasteiger partial charge in [-0.25, -0.2) is 4.68 Å². The highest BCUT2D eigenvalue weighted by atomic mass is 19.4. The standard InChI is InChI=1S/C10H11F3N2O2/c11-10(12,13)8(16)5-15-9(17)4-3-7(14-15)6-1-2-6/h3-4,6,8,16H,1-2,5H2. The zero-order valence-corrected chi connectivity index (χ0v) is 8.81. The van der Waals surface area contributed by atoms with Crippen LogP contribution in [-0.4, -0.2) is 27.2 Å². The third-order valence-electron chi connectivity index (χ3n) is 2.61. The van der Waals surface area contributed by atoms with Crippen molar-refractivity contribution in [3.8, 4) is 0 Å². The molecule has 17 heavy (non-hydrogen) atoms. The predicted octanol–water partition coefficient (Wildman–Crippen LogP) is 1.04. The Morgan fingerprint density at radius 2 is 2.12 bits per heavy atom. The Morgan fingerprint density at radius 3 is 2.65 bits per heavy atom. The van der Waals surface area contributed by atoms with Crippen LogP contribution in [0.4, 0.5) is 13.2 Å². The van der Waals surface area contributed by atoms with Crippen LogP contribution in [-0.2, 0) is 6.54 Å². The van der Waals surface area contributed by atoms with E-state index < -0.39 is 24.4 Å². The van der Waals surface area contributed by atoms with E-state index in [1.54, 1.807) is 0 Å². The number of aliphatic hydroxyl groups excluding tert-OH is 1. The molecule has 0 amide bonds. The van der Waals surface area contributed by atoms with Crippen molar-refractivity contribution < 1.29 is 18.3 Å². The van der Waals surface area contributed by atoms with Crippen molar-refractivity contribution in [3.05, 3.63) is 28.2 Å². The van der Waals surface area contributed by atoms with Crippen LogP contribution in [0.5, 0.6) is 0 Å². The third kappa shape index (κ3) is 2.85. The Labute approximate surface area is 94.7 Å². The summed E-state index contributed by atoms with van der Waals surface area (Å²) in [4.78, 5) is 11.3. The minimum absolute atomic E-state index is 0.241. The van der Waals surface area contributed by atoms with Gasteiger partial charge in [-0.1, -0.05) is 0 Å². The van der Waals surface area contributed by atoms with Crippen molar-refractivity contribution >= 4 is 0 Å². The molecule has 0 aromatic carbocycles. The van der Waals surface area contributed by atoms with E-state index in [1.165, 1.54) is 12.1 Å². The smallest absolute Gasteiger partial charge is 0.382 e. The van der Waals surface area contributed by atoms with Crippen molar-refractivity contribution in [2.45, 2.75) is 37.6 Å². The molecular formula is C10H11F3N2O2. The van der Waals surface area contributed by atoms with Crippen LogP contribution < -0.4 is 5.56 Å². The van der Waals surface area contributed by atoms with Gasteiger partial charge in [0.2, 0.25) is 0 Å². The molecule has 1 N–H and O–H groups in total. The molecule has 1 heterocycles. The van der Waals surface area contributed by atoms with E-state index in [-0.39, 0.29) is 5.92 Å². The van der Waals surface area contributed by atoms with E-state index in [4.69, 9.17) is 5.11 Å². The fourth-order valence-corrected chi connectivity index (χ4v) is 1.46. The predicted molar refractivity (Wildman–Crippen MR) is 52.5 cm³/mol. The fourth-order valence-electron chi connectivity index (χ4n) is 1.46. The monoisotopic (exact) mass is 248 g/mol. The molecule has 0 bridgehead atoms. The quantitative estimate of drug-likeness (QED) is 0.869. The number of hydrogen-bond acceptors (Lipinski definition) is 3. The molecule has 1 unspecified atom stereocenters. The Balaban J connectivity index is 2.19. The van der Waals surface area contributed by atoms with Gasteiger partial charge in [-0.05, 0) is 18.9 Å². The molecule has 94 valence electrons. The molecule has 0 saturated heterocycles. The maximum Gasteiger partial charge on any atom is 0.416 e. The van der Waals surface area contributed by atoms with Crippen molar-refractivity contribution in [3.63, 3.8) is 0 Å². The third-order valence-corrected chi connectivity index (χ3v) is 2.61. The molecule has 1 aromatic rings. The van der Waals surface area contributed by atoms with Crippen molar-refractivity contribution in [1.29, 1.82) is 0 Å². The number of aromatic nitrogens is 2. The van der Waals surface area contributed by atoms with Crippen LogP contribution in [0, 0.1) is 0 Å². The van der Waals surface area contributed by atoms with E-state index in [0.717, 1.165) is 12.8 Å². The number of rotatable bonds is 3. The summed E-state index contributed by atoms with van der Waals surface area (Å²) in [7, 11) is 0. The van der Waals surface area contributed by atoms with Crippen LogP contribution in [0.2, 0.25) is 0 Å². The molecule has 1 atom stereocenters. The first-order valence-corrected chi connectivity index (χ1v) is 5.21. The Bertz CT molecular complexity index is 465. The Morgan fingerprint density at radius 1 is 1.47 bits per heavy atom. The molecule has 7 heteroatoms. The van der Waals surface area contributed by atoms with Crippen molar-refractivity contribution in [1.82, 2.24) is 9.78 Å². The molecule has 1 aliphatic rings. The van der Waals surface area contributed by atoms with E-state index in [9.17, 15) is 18.0 Å². The summed E-state index contributed by atoms with van der Waals surface area (Å²) in [6.45, 7) is -0.858. The summed E-state index contributed by atoms with van der Waals surface area (Å²) in [5.41, 5.74) is -0.0309. The molecule has 2 rings (SSSR count). The normalized spacial score (nSPS) is 18.1. The number of hydrogen-bond donors (Lipinski definition) is 1. The van der Waals surface area contributed by atoms with E-state index in [1.807, 2.05) is 0 Å². The van der Waals surface area contributed by atoms with Crippen LogP contribution in [0.1, 0.15) is 24.5 Å². The van der Waals surface area contributed by atoms with Gasteiger partial charge in [0.15, 0.2) is 6.10 Å². The first-order chi connectivity index (χ1) is 7.88. The average Bonchev–Trinajstić information content (AvgIpc) is 3.03. The van der Waals surface area contributed by atoms with Gasteiger partial charge in [0.1, 0.15) is 0 Å².